The molecule has 1 saturated heterocycles. The first-order valence-electron chi connectivity index (χ1n) is 15.9. The largest absolute Gasteiger partial charge is 0.503 e. The Hall–Kier alpha value is -5.35. The summed E-state index contributed by atoms with van der Waals surface area (Å²) in [5.41, 5.74) is 5.02. The van der Waals surface area contributed by atoms with Crippen LogP contribution in [0.3, 0.4) is 0 Å². The normalized spacial score (nSPS) is 23.3. The molecule has 0 saturated carbocycles. The number of fused-ring (bicyclic) bond motifs is 3. The second-order valence-corrected chi connectivity index (χ2v) is 13.3. The maximum atomic E-state index is 14.3. The Kier molecular flexibility index (Phi) is 8.07. The minimum Gasteiger partial charge on any atom is -0.503 e. The minimum atomic E-state index is -0.739. The van der Waals surface area contributed by atoms with Crippen LogP contribution >= 0.6 is 11.6 Å². The molecule has 10 nitrogen and oxygen atoms in total. The molecule has 2 amide bonds. The number of anilines is 2. The van der Waals surface area contributed by atoms with Crippen molar-refractivity contribution in [3.63, 3.8) is 0 Å². The van der Waals surface area contributed by atoms with E-state index in [1.165, 1.54) is 18.1 Å². The summed E-state index contributed by atoms with van der Waals surface area (Å²) in [6.07, 6.45) is 3.71. The molecular weight excluding hydrogens is 644 g/mol. The fourth-order valence-electron chi connectivity index (χ4n) is 7.53. The zero-order valence-electron chi connectivity index (χ0n) is 27.3. The molecule has 1 fully saturated rings. The van der Waals surface area contributed by atoms with Crippen LogP contribution in [-0.2, 0) is 19.2 Å². The van der Waals surface area contributed by atoms with E-state index in [0.29, 0.717) is 39.3 Å². The van der Waals surface area contributed by atoms with Crippen LogP contribution in [0.25, 0.3) is 0 Å². The first-order chi connectivity index (χ1) is 23.5. The molecule has 0 bridgehead atoms. The average molecular weight is 677 g/mol. The molecular formula is C38H33ClN4O6. The highest BCUT2D eigenvalue weighted by atomic mass is 35.5. The Bertz CT molecular complexity index is 2060. The fraction of sp³-hybridized carbons (Fsp3) is 0.263. The van der Waals surface area contributed by atoms with Crippen molar-refractivity contribution in [1.82, 2.24) is 0 Å². The Morgan fingerprint density at radius 3 is 2.20 bits per heavy atom. The number of carbonyl (C=O) groups excluding carboxylic acids is 4. The van der Waals surface area contributed by atoms with E-state index in [0.717, 1.165) is 11.3 Å². The number of halogens is 1. The van der Waals surface area contributed by atoms with Crippen molar-refractivity contribution in [2.45, 2.75) is 25.7 Å². The number of amides is 2. The number of allylic oxidation sites excluding steroid dienone is 6. The number of imide groups is 1. The van der Waals surface area contributed by atoms with E-state index in [4.69, 9.17) is 16.3 Å². The van der Waals surface area contributed by atoms with Gasteiger partial charge in [-0.3, -0.25) is 24.1 Å². The third-order valence-corrected chi connectivity index (χ3v) is 10.2. The monoisotopic (exact) mass is 676 g/mol. The second-order valence-electron chi connectivity index (χ2n) is 12.9. The van der Waals surface area contributed by atoms with E-state index < -0.39 is 23.7 Å². The van der Waals surface area contributed by atoms with Gasteiger partial charge in [-0.1, -0.05) is 23.3 Å². The Balaban J connectivity index is 1.21. The predicted octanol–water partition coefficient (Wildman–Crippen LogP) is 7.17. The van der Waals surface area contributed by atoms with Gasteiger partial charge in [0.1, 0.15) is 0 Å². The van der Waals surface area contributed by atoms with Gasteiger partial charge in [-0.2, -0.15) is 10.2 Å². The van der Waals surface area contributed by atoms with Gasteiger partial charge in [0.05, 0.1) is 41.0 Å². The van der Waals surface area contributed by atoms with Crippen molar-refractivity contribution in [2.24, 2.45) is 28.0 Å². The summed E-state index contributed by atoms with van der Waals surface area (Å²) in [7, 11) is 5.31. The molecule has 7 rings (SSSR count). The van der Waals surface area contributed by atoms with Crippen molar-refractivity contribution in [2.75, 3.05) is 31.0 Å². The van der Waals surface area contributed by atoms with Crippen LogP contribution in [0, 0.1) is 17.8 Å². The summed E-state index contributed by atoms with van der Waals surface area (Å²) >= 11 is 6.40. The number of azo groups is 1. The SMILES string of the molecule is COc1cc(C2C3=CCC4C(=O)N(c5ccc(N=Nc6ccc(N(C)C)cc6)cc5)C(=O)C4C3CC3=C2C(=O)C=C(C)C3=O)cc(Cl)c1O. The van der Waals surface area contributed by atoms with Gasteiger partial charge in [-0.25, -0.2) is 0 Å². The maximum Gasteiger partial charge on any atom is 0.238 e. The lowest BCUT2D eigenvalue weighted by Gasteiger charge is -2.42. The Morgan fingerprint density at radius 2 is 1.57 bits per heavy atom. The van der Waals surface area contributed by atoms with Gasteiger partial charge < -0.3 is 14.7 Å². The number of phenols is 1. The van der Waals surface area contributed by atoms with E-state index in [1.54, 1.807) is 43.3 Å². The summed E-state index contributed by atoms with van der Waals surface area (Å²) in [5.74, 6) is -3.95. The zero-order valence-corrected chi connectivity index (χ0v) is 28.1. The van der Waals surface area contributed by atoms with Gasteiger partial charge in [-0.15, -0.1) is 0 Å². The Labute approximate surface area is 288 Å². The number of ketones is 2. The van der Waals surface area contributed by atoms with Gasteiger partial charge in [0, 0.05) is 42.4 Å². The second kappa shape index (κ2) is 12.3. The number of methoxy groups -OCH3 is 1. The number of Topliss-reactive ketones (excluding diaryl/α,β-unsaturated/α-hetero) is 1. The number of hydrogen-bond acceptors (Lipinski definition) is 9. The van der Waals surface area contributed by atoms with Gasteiger partial charge in [0.25, 0.3) is 0 Å². The van der Waals surface area contributed by atoms with Crippen LogP contribution in [0.15, 0.2) is 105 Å². The average Bonchev–Trinajstić information content (AvgIpc) is 3.36. The van der Waals surface area contributed by atoms with Crippen molar-refractivity contribution in [1.29, 1.82) is 0 Å². The van der Waals surface area contributed by atoms with Crippen molar-refractivity contribution >= 4 is 57.7 Å². The molecule has 3 aromatic rings. The first-order valence-corrected chi connectivity index (χ1v) is 16.3. The lowest BCUT2D eigenvalue weighted by Crippen LogP contribution is -2.39. The molecule has 0 spiro atoms. The quantitative estimate of drug-likeness (QED) is 0.127. The lowest BCUT2D eigenvalue weighted by molar-refractivity contribution is -0.123. The van der Waals surface area contributed by atoms with Crippen LogP contribution in [0.5, 0.6) is 11.5 Å². The van der Waals surface area contributed by atoms with E-state index in [2.05, 4.69) is 10.2 Å². The van der Waals surface area contributed by atoms with Gasteiger partial charge in [-0.05, 0) is 98.0 Å². The molecule has 3 aromatic carbocycles. The summed E-state index contributed by atoms with van der Waals surface area (Å²) < 4.78 is 5.36. The van der Waals surface area contributed by atoms with Crippen LogP contribution in [0.2, 0.25) is 5.02 Å². The Morgan fingerprint density at radius 1 is 0.918 bits per heavy atom. The molecule has 1 heterocycles. The van der Waals surface area contributed by atoms with Crippen LogP contribution < -0.4 is 14.5 Å². The highest BCUT2D eigenvalue weighted by Gasteiger charge is 2.56. The number of benzene rings is 3. The number of aromatic hydroxyl groups is 1. The molecule has 248 valence electrons. The van der Waals surface area contributed by atoms with Crippen LogP contribution in [0.1, 0.15) is 31.2 Å². The summed E-state index contributed by atoms with van der Waals surface area (Å²) in [5, 5.41) is 19.1. The van der Waals surface area contributed by atoms with E-state index in [1.807, 2.05) is 49.3 Å². The number of ether oxygens (including phenoxy) is 1. The molecule has 4 aliphatic rings. The van der Waals surface area contributed by atoms with Crippen molar-refractivity contribution in [3.8, 4) is 11.5 Å². The zero-order chi connectivity index (χ0) is 34.7. The number of nitrogens with zero attached hydrogens (tertiary/aromatic N) is 4. The predicted molar refractivity (Wildman–Crippen MR) is 185 cm³/mol. The molecule has 1 aliphatic heterocycles. The fourth-order valence-corrected chi connectivity index (χ4v) is 7.75. The third kappa shape index (κ3) is 5.36. The van der Waals surface area contributed by atoms with E-state index >= 15 is 0 Å². The molecule has 1 N–H and O–H groups in total. The maximum absolute atomic E-state index is 14.3. The standard InChI is InChI=1S/C38H33ClN4O6/c1-19-15-30(44)34-28(35(19)45)18-27-25(32(34)20-16-29(39)36(46)31(17-20)49-4)13-14-26-33(27)38(48)43(37(26)47)24-11-7-22(8-12-24)41-40-21-5-9-23(10-6-21)42(2)3/h5-13,15-17,26-27,32-33,46H,14,18H2,1-4H3. The molecule has 0 aromatic heterocycles. The van der Waals surface area contributed by atoms with Crippen LogP contribution in [0.4, 0.5) is 22.7 Å². The molecule has 4 unspecified atom stereocenters. The topological polar surface area (TPSA) is 129 Å². The molecule has 0 radical (unpaired) electrons. The van der Waals surface area contributed by atoms with Gasteiger partial charge in [0.15, 0.2) is 23.1 Å². The highest BCUT2D eigenvalue weighted by molar-refractivity contribution is 6.32. The number of phenolic OH excluding ortho intramolecular Hbond substituents is 1. The third-order valence-electron chi connectivity index (χ3n) is 9.92. The van der Waals surface area contributed by atoms with Crippen molar-refractivity contribution < 1.29 is 29.0 Å². The summed E-state index contributed by atoms with van der Waals surface area (Å²) in [6.45, 7) is 1.60. The lowest BCUT2D eigenvalue weighted by atomic mass is 9.59. The summed E-state index contributed by atoms with van der Waals surface area (Å²) in [4.78, 5) is 58.5. The van der Waals surface area contributed by atoms with E-state index in [9.17, 15) is 24.3 Å². The number of hydrogen-bond donors (Lipinski definition) is 1. The van der Waals surface area contributed by atoms with Crippen molar-refractivity contribution in [3.05, 3.63) is 106 Å². The number of carbonyl (C=O) groups is 4. The molecule has 3 aliphatic carbocycles. The van der Waals surface area contributed by atoms with Crippen LogP contribution in [-0.4, -0.2) is 49.7 Å². The molecule has 4 atom stereocenters. The highest BCUT2D eigenvalue weighted by Crippen LogP contribution is 2.56. The van der Waals surface area contributed by atoms with E-state index in [-0.39, 0.29) is 52.7 Å². The summed E-state index contributed by atoms with van der Waals surface area (Å²) in [6, 6.07) is 17.6. The molecule has 49 heavy (non-hydrogen) atoms. The van der Waals surface area contributed by atoms with Gasteiger partial charge in [0.2, 0.25) is 11.8 Å². The number of rotatable bonds is 6. The van der Waals surface area contributed by atoms with Gasteiger partial charge >= 0.3 is 0 Å². The molecule has 11 heteroatoms. The smallest absolute Gasteiger partial charge is 0.238 e. The minimum absolute atomic E-state index is 0.0257. The first kappa shape index (κ1) is 32.2.